The van der Waals surface area contributed by atoms with E-state index in [-0.39, 0.29) is 11.7 Å². The highest BCUT2D eigenvalue weighted by molar-refractivity contribution is 6.34. The molecule has 140 valence electrons. The molecule has 0 radical (unpaired) electrons. The first-order valence-corrected chi connectivity index (χ1v) is 9.07. The molecule has 0 aliphatic carbocycles. The van der Waals surface area contributed by atoms with Crippen LogP contribution in [0.5, 0.6) is 0 Å². The van der Waals surface area contributed by atoms with Gasteiger partial charge >= 0.3 is 0 Å². The number of carbonyl (C=O) groups excluding carboxylic acids is 1. The molecular weight excluding hydrogens is 399 g/mol. The molecule has 0 fully saturated rings. The third-order valence-corrected chi connectivity index (χ3v) is 4.80. The molecule has 0 aliphatic heterocycles. The zero-order chi connectivity index (χ0) is 19.8. The fraction of sp³-hybridized carbons (Fsp3) is 0.0500. The van der Waals surface area contributed by atoms with Gasteiger partial charge in [0.05, 0.1) is 15.6 Å². The fourth-order valence-corrected chi connectivity index (χ4v) is 3.35. The predicted molar refractivity (Wildman–Crippen MR) is 111 cm³/mol. The molecule has 0 saturated carbocycles. The monoisotopic (exact) mass is 412 g/mol. The van der Waals surface area contributed by atoms with Crippen LogP contribution in [0, 0.1) is 6.92 Å². The van der Waals surface area contributed by atoms with Crippen LogP contribution >= 0.6 is 23.2 Å². The minimum absolute atomic E-state index is 0.217. The average molecular weight is 413 g/mol. The van der Waals surface area contributed by atoms with Crippen molar-refractivity contribution in [2.24, 2.45) is 0 Å². The maximum Gasteiger partial charge on any atom is 0.258 e. The molecule has 2 aromatic heterocycles. The van der Waals surface area contributed by atoms with Gasteiger partial charge in [0.1, 0.15) is 17.2 Å². The normalized spacial score (nSPS) is 11.0. The Morgan fingerprint density at radius 1 is 1.04 bits per heavy atom. The summed E-state index contributed by atoms with van der Waals surface area (Å²) >= 11 is 12.4. The van der Waals surface area contributed by atoms with Crippen molar-refractivity contribution in [2.75, 3.05) is 11.1 Å². The van der Waals surface area contributed by atoms with Crippen LogP contribution in [-0.4, -0.2) is 15.9 Å². The Morgan fingerprint density at radius 2 is 1.82 bits per heavy atom. The van der Waals surface area contributed by atoms with Crippen molar-refractivity contribution in [2.45, 2.75) is 6.92 Å². The Hall–Kier alpha value is -3.09. The number of nitrogens with one attached hydrogen (secondary N) is 1. The third-order valence-electron chi connectivity index (χ3n) is 4.16. The van der Waals surface area contributed by atoms with Crippen molar-refractivity contribution in [3.05, 3.63) is 70.0 Å². The number of amides is 1. The predicted octanol–water partition coefficient (Wildman–Crippen LogP) is 5.34. The van der Waals surface area contributed by atoms with Crippen LogP contribution in [0.2, 0.25) is 10.0 Å². The Morgan fingerprint density at radius 3 is 2.57 bits per heavy atom. The van der Waals surface area contributed by atoms with Gasteiger partial charge in [0, 0.05) is 18.1 Å². The van der Waals surface area contributed by atoms with Crippen LogP contribution in [0.25, 0.3) is 22.2 Å². The van der Waals surface area contributed by atoms with E-state index in [2.05, 4.69) is 15.3 Å². The van der Waals surface area contributed by atoms with E-state index < -0.39 is 0 Å². The SMILES string of the molecule is Cc1nc2cc(Cl)c(-c3ccc(NC(=O)c4ccccc4Cl)nc3N)cc2o1. The number of hydrogen-bond acceptors (Lipinski definition) is 5. The van der Waals surface area contributed by atoms with E-state index in [1.165, 1.54) is 0 Å². The lowest BCUT2D eigenvalue weighted by molar-refractivity contribution is 0.102. The number of anilines is 2. The van der Waals surface area contributed by atoms with E-state index >= 15 is 0 Å². The summed E-state index contributed by atoms with van der Waals surface area (Å²) in [4.78, 5) is 20.9. The molecule has 4 rings (SSSR count). The van der Waals surface area contributed by atoms with Gasteiger partial charge in [-0.05, 0) is 36.4 Å². The summed E-state index contributed by atoms with van der Waals surface area (Å²) < 4.78 is 5.56. The number of aryl methyl sites for hydroxylation is 1. The largest absolute Gasteiger partial charge is 0.441 e. The highest BCUT2D eigenvalue weighted by atomic mass is 35.5. The molecule has 1 amide bonds. The number of aromatic nitrogens is 2. The first-order chi connectivity index (χ1) is 13.4. The van der Waals surface area contributed by atoms with Gasteiger partial charge < -0.3 is 15.5 Å². The van der Waals surface area contributed by atoms with Gasteiger partial charge in [-0.25, -0.2) is 9.97 Å². The van der Waals surface area contributed by atoms with Crippen LogP contribution in [0.15, 0.2) is 52.9 Å². The molecule has 2 aromatic carbocycles. The Balaban J connectivity index is 1.66. The van der Waals surface area contributed by atoms with Crippen LogP contribution in [0.3, 0.4) is 0 Å². The smallest absolute Gasteiger partial charge is 0.258 e. The molecule has 3 N–H and O–H groups in total. The van der Waals surface area contributed by atoms with Crippen molar-refractivity contribution in [1.82, 2.24) is 9.97 Å². The topological polar surface area (TPSA) is 94.0 Å². The van der Waals surface area contributed by atoms with Gasteiger partial charge in [-0.15, -0.1) is 0 Å². The molecule has 8 heteroatoms. The van der Waals surface area contributed by atoms with Gasteiger partial charge in [-0.1, -0.05) is 35.3 Å². The second-order valence-electron chi connectivity index (χ2n) is 6.10. The minimum Gasteiger partial charge on any atom is -0.441 e. The zero-order valence-electron chi connectivity index (χ0n) is 14.7. The van der Waals surface area contributed by atoms with Crippen molar-refractivity contribution in [3.63, 3.8) is 0 Å². The van der Waals surface area contributed by atoms with E-state index in [4.69, 9.17) is 33.4 Å². The third kappa shape index (κ3) is 3.40. The molecular formula is C20H14Cl2N4O2. The molecule has 0 aliphatic rings. The molecule has 0 atom stereocenters. The van der Waals surface area contributed by atoms with Crippen LogP contribution in [0.4, 0.5) is 11.6 Å². The number of fused-ring (bicyclic) bond motifs is 1. The van der Waals surface area contributed by atoms with Crippen molar-refractivity contribution in [3.8, 4) is 11.1 Å². The number of carbonyl (C=O) groups is 1. The number of hydrogen-bond donors (Lipinski definition) is 2. The van der Waals surface area contributed by atoms with E-state index in [1.54, 1.807) is 55.5 Å². The van der Waals surface area contributed by atoms with Crippen LogP contribution in [0.1, 0.15) is 16.2 Å². The van der Waals surface area contributed by atoms with Gasteiger partial charge in [-0.3, -0.25) is 4.79 Å². The molecule has 2 heterocycles. The molecule has 0 spiro atoms. The summed E-state index contributed by atoms with van der Waals surface area (Å²) in [6.45, 7) is 1.76. The van der Waals surface area contributed by atoms with E-state index in [0.29, 0.717) is 49.5 Å². The molecule has 0 bridgehead atoms. The van der Waals surface area contributed by atoms with Crippen LogP contribution in [-0.2, 0) is 0 Å². The number of oxazole rings is 1. The van der Waals surface area contributed by atoms with Gasteiger partial charge in [0.15, 0.2) is 11.5 Å². The second-order valence-corrected chi connectivity index (χ2v) is 6.91. The molecule has 4 aromatic rings. The summed E-state index contributed by atoms with van der Waals surface area (Å²) in [5.74, 6) is 0.696. The van der Waals surface area contributed by atoms with E-state index in [1.807, 2.05) is 0 Å². The lowest BCUT2D eigenvalue weighted by Gasteiger charge is -2.10. The zero-order valence-corrected chi connectivity index (χ0v) is 16.2. The summed E-state index contributed by atoms with van der Waals surface area (Å²) in [5.41, 5.74) is 9.03. The molecule has 28 heavy (non-hydrogen) atoms. The van der Waals surface area contributed by atoms with E-state index in [9.17, 15) is 4.79 Å². The summed E-state index contributed by atoms with van der Waals surface area (Å²) in [6.07, 6.45) is 0. The molecule has 0 saturated heterocycles. The average Bonchev–Trinajstić information content (AvgIpc) is 3.00. The quantitative estimate of drug-likeness (QED) is 0.473. The van der Waals surface area contributed by atoms with Crippen molar-refractivity contribution < 1.29 is 9.21 Å². The number of benzene rings is 2. The summed E-state index contributed by atoms with van der Waals surface area (Å²) in [7, 11) is 0. The van der Waals surface area contributed by atoms with Gasteiger partial charge in [0.2, 0.25) is 0 Å². The fourth-order valence-electron chi connectivity index (χ4n) is 2.87. The number of nitrogens with two attached hydrogens (primary N) is 1. The van der Waals surface area contributed by atoms with Crippen LogP contribution < -0.4 is 11.1 Å². The number of pyridine rings is 1. The highest BCUT2D eigenvalue weighted by Gasteiger charge is 2.15. The Labute approximate surface area is 170 Å². The Bertz CT molecular complexity index is 1220. The molecule has 0 unspecified atom stereocenters. The minimum atomic E-state index is -0.373. The lowest BCUT2D eigenvalue weighted by atomic mass is 10.1. The number of nitrogen functional groups attached to an aromatic ring is 1. The maximum absolute atomic E-state index is 12.4. The lowest BCUT2D eigenvalue weighted by Crippen LogP contribution is -2.14. The second kappa shape index (κ2) is 7.14. The van der Waals surface area contributed by atoms with Gasteiger partial charge in [0.25, 0.3) is 5.91 Å². The number of nitrogens with zero attached hydrogens (tertiary/aromatic N) is 2. The number of rotatable bonds is 3. The maximum atomic E-state index is 12.4. The standard InChI is InChI=1S/C20H14Cl2N4O2/c1-10-24-16-9-15(22)13(8-17(16)28-10)11-6-7-18(25-19(11)23)26-20(27)12-4-2-3-5-14(12)21/h2-9H,1H3,(H3,23,25,26,27). The summed E-state index contributed by atoms with van der Waals surface area (Å²) in [5, 5.41) is 3.52. The van der Waals surface area contributed by atoms with Crippen molar-refractivity contribution in [1.29, 1.82) is 0 Å². The van der Waals surface area contributed by atoms with Crippen molar-refractivity contribution >= 4 is 51.8 Å². The van der Waals surface area contributed by atoms with E-state index in [0.717, 1.165) is 0 Å². The summed E-state index contributed by atoms with van der Waals surface area (Å²) in [6, 6.07) is 13.6. The molecule has 6 nitrogen and oxygen atoms in total. The van der Waals surface area contributed by atoms with Gasteiger partial charge in [-0.2, -0.15) is 0 Å². The first-order valence-electron chi connectivity index (χ1n) is 8.32. The first kappa shape index (κ1) is 18.3. The highest BCUT2D eigenvalue weighted by Crippen LogP contribution is 2.35. The number of halogens is 2. The Kier molecular flexibility index (Phi) is 4.66.